The normalized spacial score (nSPS) is 17.3. The van der Waals surface area contributed by atoms with Crippen molar-refractivity contribution in [2.24, 2.45) is 0 Å². The lowest BCUT2D eigenvalue weighted by Crippen LogP contribution is -2.39. The summed E-state index contributed by atoms with van der Waals surface area (Å²) in [6.07, 6.45) is 1.83. The number of rotatable bonds is 5. The Kier molecular flexibility index (Phi) is 5.20. The second-order valence-electron chi connectivity index (χ2n) is 8.17. The van der Waals surface area contributed by atoms with E-state index < -0.39 is 0 Å². The van der Waals surface area contributed by atoms with Gasteiger partial charge in [-0.05, 0) is 53.3 Å². The molecule has 1 unspecified atom stereocenters. The molecule has 2 aliphatic rings. The minimum atomic E-state index is 0.207. The number of ether oxygens (including phenoxy) is 3. The molecule has 5 nitrogen and oxygen atoms in total. The fraction of sp³-hybridized carbons (Fsp3) is 0.308. The number of methoxy groups -OCH3 is 2. The van der Waals surface area contributed by atoms with Gasteiger partial charge < -0.3 is 19.3 Å². The zero-order chi connectivity index (χ0) is 21.4. The summed E-state index contributed by atoms with van der Waals surface area (Å²) < 4.78 is 17.3. The summed E-state index contributed by atoms with van der Waals surface area (Å²) in [5.41, 5.74) is 6.07. The highest BCUT2D eigenvalue weighted by Crippen LogP contribution is 2.45. The summed E-state index contributed by atoms with van der Waals surface area (Å²) in [6, 6.07) is 18.5. The second-order valence-corrected chi connectivity index (χ2v) is 8.17. The number of fused-ring (bicyclic) bond motifs is 4. The Balaban J connectivity index is 1.48. The Morgan fingerprint density at radius 3 is 2.58 bits per heavy atom. The molecule has 0 spiro atoms. The number of hydrogen-bond donors (Lipinski definition) is 1. The van der Waals surface area contributed by atoms with Gasteiger partial charge in [0.05, 0.1) is 14.2 Å². The average Bonchev–Trinajstić information content (AvgIpc) is 2.81. The molecule has 0 aromatic heterocycles. The molecule has 0 bridgehead atoms. The van der Waals surface area contributed by atoms with Gasteiger partial charge in [-0.2, -0.15) is 0 Å². The molecule has 3 aromatic carbocycles. The lowest BCUT2D eigenvalue weighted by atomic mass is 9.83. The summed E-state index contributed by atoms with van der Waals surface area (Å²) in [4.78, 5) is 2.47. The van der Waals surface area contributed by atoms with E-state index in [1.807, 2.05) is 24.3 Å². The van der Waals surface area contributed by atoms with Gasteiger partial charge >= 0.3 is 0 Å². The lowest BCUT2D eigenvalue weighted by Gasteiger charge is -2.42. The van der Waals surface area contributed by atoms with Crippen LogP contribution in [0.2, 0.25) is 0 Å². The smallest absolute Gasteiger partial charge is 0.165 e. The van der Waals surface area contributed by atoms with Gasteiger partial charge in [0, 0.05) is 24.7 Å². The first kappa shape index (κ1) is 19.8. The van der Waals surface area contributed by atoms with Gasteiger partial charge in [-0.1, -0.05) is 36.4 Å². The molecule has 5 rings (SSSR count). The summed E-state index contributed by atoms with van der Waals surface area (Å²) in [5, 5.41) is 10.2. The van der Waals surface area contributed by atoms with Crippen molar-refractivity contribution < 1.29 is 19.3 Å². The van der Waals surface area contributed by atoms with Crippen LogP contribution < -0.4 is 14.2 Å². The van der Waals surface area contributed by atoms with Crippen molar-refractivity contribution in [3.05, 3.63) is 82.4 Å². The highest BCUT2D eigenvalue weighted by Gasteiger charge is 2.34. The van der Waals surface area contributed by atoms with Crippen LogP contribution in [0.3, 0.4) is 0 Å². The van der Waals surface area contributed by atoms with Crippen molar-refractivity contribution in [1.29, 1.82) is 0 Å². The van der Waals surface area contributed by atoms with E-state index in [1.54, 1.807) is 20.3 Å². The molecule has 2 aliphatic heterocycles. The Morgan fingerprint density at radius 2 is 1.81 bits per heavy atom. The van der Waals surface area contributed by atoms with Crippen molar-refractivity contribution in [2.45, 2.75) is 32.0 Å². The number of phenols is 1. The van der Waals surface area contributed by atoms with E-state index in [1.165, 1.54) is 16.7 Å². The minimum Gasteiger partial charge on any atom is -0.504 e. The molecular formula is C26H27NO4. The van der Waals surface area contributed by atoms with E-state index in [2.05, 4.69) is 29.2 Å². The van der Waals surface area contributed by atoms with E-state index in [4.69, 9.17) is 14.2 Å². The van der Waals surface area contributed by atoms with Crippen LogP contribution in [0.4, 0.5) is 0 Å². The van der Waals surface area contributed by atoms with Crippen LogP contribution in [-0.2, 0) is 26.0 Å². The van der Waals surface area contributed by atoms with Crippen LogP contribution in [0.15, 0.2) is 54.6 Å². The quantitative estimate of drug-likeness (QED) is 0.655. The monoisotopic (exact) mass is 417 g/mol. The first-order valence-electron chi connectivity index (χ1n) is 10.7. The molecular weight excluding hydrogens is 390 g/mol. The molecule has 31 heavy (non-hydrogen) atoms. The predicted octanol–water partition coefficient (Wildman–Crippen LogP) is 4.64. The molecule has 160 valence electrons. The Morgan fingerprint density at radius 1 is 0.968 bits per heavy atom. The maximum Gasteiger partial charge on any atom is 0.165 e. The molecule has 0 aliphatic carbocycles. The van der Waals surface area contributed by atoms with E-state index in [9.17, 15) is 5.11 Å². The van der Waals surface area contributed by atoms with Gasteiger partial charge in [0.15, 0.2) is 23.0 Å². The maximum atomic E-state index is 10.2. The molecule has 2 heterocycles. The number of benzene rings is 3. The third-order valence-corrected chi connectivity index (χ3v) is 6.45. The van der Waals surface area contributed by atoms with Crippen molar-refractivity contribution in [3.8, 4) is 23.0 Å². The van der Waals surface area contributed by atoms with Gasteiger partial charge in [-0.25, -0.2) is 0 Å². The van der Waals surface area contributed by atoms with Gasteiger partial charge in [0.25, 0.3) is 0 Å². The Labute approximate surface area is 182 Å². The van der Waals surface area contributed by atoms with Crippen LogP contribution >= 0.6 is 0 Å². The van der Waals surface area contributed by atoms with E-state index in [0.717, 1.165) is 48.6 Å². The third-order valence-electron chi connectivity index (χ3n) is 6.45. The zero-order valence-electron chi connectivity index (χ0n) is 17.9. The van der Waals surface area contributed by atoms with Crippen LogP contribution in [-0.4, -0.2) is 30.8 Å². The van der Waals surface area contributed by atoms with Gasteiger partial charge in [0.2, 0.25) is 0 Å². The molecule has 1 atom stereocenters. The van der Waals surface area contributed by atoms with Crippen molar-refractivity contribution >= 4 is 0 Å². The standard InChI is InChI=1S/C26H27NO4/c1-29-24-13-19-10-11-27-15-21-18(8-9-23(28)26(21)30-2)12-22(27)20(19)14-25(24)31-16-17-6-4-3-5-7-17/h3-9,13-14,22,28H,10-12,15-16H2,1-2H3. The second kappa shape index (κ2) is 8.16. The fourth-order valence-corrected chi connectivity index (χ4v) is 4.86. The molecule has 0 saturated carbocycles. The summed E-state index contributed by atoms with van der Waals surface area (Å²) in [7, 11) is 3.32. The van der Waals surface area contributed by atoms with E-state index in [0.29, 0.717) is 12.4 Å². The largest absolute Gasteiger partial charge is 0.504 e. The highest BCUT2D eigenvalue weighted by atomic mass is 16.5. The van der Waals surface area contributed by atoms with Crippen molar-refractivity contribution in [2.75, 3.05) is 20.8 Å². The van der Waals surface area contributed by atoms with Crippen molar-refractivity contribution in [3.63, 3.8) is 0 Å². The molecule has 3 aromatic rings. The van der Waals surface area contributed by atoms with Gasteiger partial charge in [-0.3, -0.25) is 4.90 Å². The summed E-state index contributed by atoms with van der Waals surface area (Å²) in [5.74, 6) is 2.37. The number of nitrogens with zero attached hydrogens (tertiary/aromatic N) is 1. The number of aromatic hydroxyl groups is 1. The highest BCUT2D eigenvalue weighted by molar-refractivity contribution is 5.54. The van der Waals surface area contributed by atoms with E-state index in [-0.39, 0.29) is 11.8 Å². The summed E-state index contributed by atoms with van der Waals surface area (Å²) in [6.45, 7) is 2.23. The fourth-order valence-electron chi connectivity index (χ4n) is 4.86. The van der Waals surface area contributed by atoms with Crippen molar-refractivity contribution in [1.82, 2.24) is 4.90 Å². The molecule has 0 saturated heterocycles. The number of hydrogen-bond acceptors (Lipinski definition) is 5. The molecule has 0 radical (unpaired) electrons. The SMILES string of the molecule is COc1cc2c(cc1OCc1ccccc1)C1Cc3ccc(O)c(OC)c3CN1CC2. The average molecular weight is 418 g/mol. The molecule has 0 amide bonds. The van der Waals surface area contributed by atoms with E-state index >= 15 is 0 Å². The first-order valence-corrected chi connectivity index (χ1v) is 10.7. The van der Waals surface area contributed by atoms with Gasteiger partial charge in [-0.15, -0.1) is 0 Å². The Bertz CT molecular complexity index is 1100. The summed E-state index contributed by atoms with van der Waals surface area (Å²) >= 11 is 0. The third kappa shape index (κ3) is 3.59. The minimum absolute atomic E-state index is 0.207. The van der Waals surface area contributed by atoms with Crippen LogP contribution in [0.25, 0.3) is 0 Å². The molecule has 1 N–H and O–H groups in total. The first-order chi connectivity index (χ1) is 15.2. The van der Waals surface area contributed by atoms with Gasteiger partial charge in [0.1, 0.15) is 6.61 Å². The topological polar surface area (TPSA) is 51.2 Å². The predicted molar refractivity (Wildman–Crippen MR) is 119 cm³/mol. The maximum absolute atomic E-state index is 10.2. The van der Waals surface area contributed by atoms with Crippen LogP contribution in [0, 0.1) is 0 Å². The van der Waals surface area contributed by atoms with Crippen LogP contribution in [0.1, 0.15) is 33.9 Å². The zero-order valence-corrected chi connectivity index (χ0v) is 17.9. The van der Waals surface area contributed by atoms with Crippen LogP contribution in [0.5, 0.6) is 23.0 Å². The Hall–Kier alpha value is -3.18. The number of phenolic OH excluding ortho intramolecular Hbond substituents is 1. The molecule has 5 heteroatoms. The molecule has 0 fully saturated rings. The lowest BCUT2D eigenvalue weighted by molar-refractivity contribution is 0.157.